The molecule has 0 aliphatic rings. The minimum atomic E-state index is 0. The second-order valence-electron chi connectivity index (χ2n) is 2.60. The van der Waals surface area contributed by atoms with E-state index in [1.54, 1.807) is 24.5 Å². The Balaban J connectivity index is 0.00000144. The molecule has 0 aliphatic heterocycles. The summed E-state index contributed by atoms with van der Waals surface area (Å²) in [6.07, 6.45) is 3.57. The molecule has 0 aliphatic carbocycles. The van der Waals surface area contributed by atoms with Crippen LogP contribution < -0.4 is 21.5 Å². The zero-order valence-electron chi connectivity index (χ0n) is 7.40. The van der Waals surface area contributed by atoms with Crippen molar-refractivity contribution in [1.82, 2.24) is 0 Å². The van der Waals surface area contributed by atoms with Gasteiger partial charge in [0.1, 0.15) is 6.61 Å². The van der Waals surface area contributed by atoms with Crippen molar-refractivity contribution >= 4 is 5.78 Å². The van der Waals surface area contributed by atoms with E-state index in [1.165, 1.54) is 6.92 Å². The largest absolute Gasteiger partial charge is 1.00 e. The molecule has 13 heavy (non-hydrogen) atoms. The first-order chi connectivity index (χ1) is 5.74. The minimum absolute atomic E-state index is 0. The van der Waals surface area contributed by atoms with Crippen LogP contribution >= 0.6 is 0 Å². The molecule has 1 heterocycles. The number of hydrogen-bond donors (Lipinski definition) is 1. The highest BCUT2D eigenvalue weighted by molar-refractivity contribution is 5.93. The van der Waals surface area contributed by atoms with E-state index in [0.717, 1.165) is 0 Å². The van der Waals surface area contributed by atoms with Gasteiger partial charge < -0.3 is 22.1 Å². The average molecular weight is 246 g/mol. The maximum Gasteiger partial charge on any atom is 0.171 e. The molecule has 1 N–H and O–H groups in total. The van der Waals surface area contributed by atoms with Crippen molar-refractivity contribution in [3.05, 3.63) is 30.1 Å². The normalized spacial score (nSPS) is 9.08. The summed E-state index contributed by atoms with van der Waals surface area (Å²) < 4.78 is 1.83. The summed E-state index contributed by atoms with van der Waals surface area (Å²) in [4.78, 5) is 10.9. The quantitative estimate of drug-likeness (QED) is 0.461. The number of rotatable bonds is 3. The maximum absolute atomic E-state index is 10.9. The molecule has 1 rings (SSSR count). The third-order valence-corrected chi connectivity index (χ3v) is 1.66. The number of carbonyl (C=O) groups excluding carboxylic acids is 1. The van der Waals surface area contributed by atoms with E-state index in [1.807, 2.05) is 4.57 Å². The summed E-state index contributed by atoms with van der Waals surface area (Å²) in [5, 5.41) is 8.61. The van der Waals surface area contributed by atoms with E-state index < -0.39 is 0 Å². The Labute approximate surface area is 87.8 Å². The first-order valence-corrected chi connectivity index (χ1v) is 3.85. The number of hydrogen-bond acceptors (Lipinski definition) is 2. The highest BCUT2D eigenvalue weighted by atomic mass is 79.9. The van der Waals surface area contributed by atoms with Crippen LogP contribution in [0.3, 0.4) is 0 Å². The van der Waals surface area contributed by atoms with Crippen molar-refractivity contribution in [3.8, 4) is 0 Å². The lowest BCUT2D eigenvalue weighted by Gasteiger charge is -1.94. The van der Waals surface area contributed by atoms with Gasteiger partial charge in [-0.3, -0.25) is 4.79 Å². The van der Waals surface area contributed by atoms with Crippen LogP contribution in [0.1, 0.15) is 17.3 Å². The van der Waals surface area contributed by atoms with Crippen molar-refractivity contribution in [2.75, 3.05) is 6.61 Å². The van der Waals surface area contributed by atoms with Crippen LogP contribution in [0.4, 0.5) is 0 Å². The van der Waals surface area contributed by atoms with E-state index in [4.69, 9.17) is 5.11 Å². The summed E-state index contributed by atoms with van der Waals surface area (Å²) in [5.74, 6) is 0.0612. The molecule has 0 fully saturated rings. The summed E-state index contributed by atoms with van der Waals surface area (Å²) in [6, 6.07) is 3.50. The molecule has 0 bridgehead atoms. The van der Waals surface area contributed by atoms with Crippen molar-refractivity contribution < 1.29 is 31.4 Å². The van der Waals surface area contributed by atoms with Crippen LogP contribution in [0.2, 0.25) is 0 Å². The molecule has 0 saturated heterocycles. The molecular weight excluding hydrogens is 234 g/mol. The zero-order chi connectivity index (χ0) is 8.97. The second kappa shape index (κ2) is 5.83. The predicted molar refractivity (Wildman–Crippen MR) is 43.7 cm³/mol. The lowest BCUT2D eigenvalue weighted by Crippen LogP contribution is -3.00. The smallest absolute Gasteiger partial charge is 0.171 e. The van der Waals surface area contributed by atoms with Crippen LogP contribution in [0.25, 0.3) is 0 Å². The lowest BCUT2D eigenvalue weighted by molar-refractivity contribution is -0.698. The summed E-state index contributed by atoms with van der Waals surface area (Å²) in [5.41, 5.74) is 0.698. The number of Topliss-reactive ketones (excluding diaryl/α,β-unsaturated/α-hetero) is 1. The second-order valence-corrected chi connectivity index (χ2v) is 2.60. The van der Waals surface area contributed by atoms with E-state index in [-0.39, 0.29) is 29.4 Å². The molecule has 0 amide bonds. The molecule has 1 aromatic heterocycles. The first-order valence-electron chi connectivity index (χ1n) is 3.85. The molecule has 3 nitrogen and oxygen atoms in total. The third kappa shape index (κ3) is 3.65. The van der Waals surface area contributed by atoms with Gasteiger partial charge in [0, 0.05) is 17.7 Å². The average Bonchev–Trinajstić information content (AvgIpc) is 2.06. The summed E-state index contributed by atoms with van der Waals surface area (Å²) in [6.45, 7) is 2.22. The molecule has 0 saturated carbocycles. The van der Waals surface area contributed by atoms with Crippen molar-refractivity contribution in [3.63, 3.8) is 0 Å². The highest BCUT2D eigenvalue weighted by Gasteiger charge is 2.02. The van der Waals surface area contributed by atoms with Crippen LogP contribution in [-0.2, 0) is 6.54 Å². The van der Waals surface area contributed by atoms with Crippen molar-refractivity contribution in [2.45, 2.75) is 13.5 Å². The Morgan fingerprint density at radius 2 is 2.00 bits per heavy atom. The minimum Gasteiger partial charge on any atom is -1.00 e. The molecule has 0 spiro atoms. The molecule has 72 valence electrons. The standard InChI is InChI=1S/C9H12NO2.BrH/c1-8(12)9-2-4-10(5-3-9)6-7-11;/h2-5,11H,6-7H2,1H3;1H/q+1;/p-1. The first kappa shape index (κ1) is 12.3. The number of ketones is 1. The van der Waals surface area contributed by atoms with Gasteiger partial charge >= 0.3 is 0 Å². The van der Waals surface area contributed by atoms with Gasteiger partial charge in [-0.2, -0.15) is 0 Å². The third-order valence-electron chi connectivity index (χ3n) is 1.66. The van der Waals surface area contributed by atoms with Gasteiger partial charge in [-0.15, -0.1) is 0 Å². The van der Waals surface area contributed by atoms with Gasteiger partial charge in [-0.05, 0) is 6.92 Å². The Hall–Kier alpha value is -0.740. The van der Waals surface area contributed by atoms with Crippen molar-refractivity contribution in [2.24, 2.45) is 0 Å². The monoisotopic (exact) mass is 245 g/mol. The fourth-order valence-electron chi connectivity index (χ4n) is 0.957. The maximum atomic E-state index is 10.9. The SMILES string of the molecule is CC(=O)c1cc[n+](CCO)cc1.[Br-]. The number of halogens is 1. The lowest BCUT2D eigenvalue weighted by atomic mass is 10.2. The molecule has 0 aromatic carbocycles. The molecule has 0 unspecified atom stereocenters. The molecule has 4 heteroatoms. The fourth-order valence-corrected chi connectivity index (χ4v) is 0.957. The molecular formula is C9H12BrNO2. The van der Waals surface area contributed by atoms with Crippen LogP contribution in [0, 0.1) is 0 Å². The summed E-state index contributed by atoms with van der Waals surface area (Å²) >= 11 is 0. The number of carbonyl (C=O) groups is 1. The Kier molecular flexibility index (Phi) is 5.50. The van der Waals surface area contributed by atoms with Gasteiger partial charge in [0.25, 0.3) is 0 Å². The number of aliphatic hydroxyl groups excluding tert-OH is 1. The molecule has 0 radical (unpaired) electrons. The van der Waals surface area contributed by atoms with Gasteiger partial charge in [0.2, 0.25) is 0 Å². The highest BCUT2D eigenvalue weighted by Crippen LogP contribution is 1.95. The van der Waals surface area contributed by atoms with Gasteiger partial charge in [0.05, 0.1) is 0 Å². The summed E-state index contributed by atoms with van der Waals surface area (Å²) in [7, 11) is 0. The van der Waals surface area contributed by atoms with E-state index in [2.05, 4.69) is 0 Å². The van der Waals surface area contributed by atoms with Gasteiger partial charge in [-0.25, -0.2) is 4.57 Å². The Bertz CT molecular complexity index is 271. The number of aromatic nitrogens is 1. The fraction of sp³-hybridized carbons (Fsp3) is 0.333. The van der Waals surface area contributed by atoms with Gasteiger partial charge in [0.15, 0.2) is 24.7 Å². The number of aliphatic hydroxyl groups is 1. The van der Waals surface area contributed by atoms with E-state index in [0.29, 0.717) is 12.1 Å². The van der Waals surface area contributed by atoms with Crippen LogP contribution in [-0.4, -0.2) is 17.5 Å². The van der Waals surface area contributed by atoms with Crippen LogP contribution in [0.5, 0.6) is 0 Å². The predicted octanol–water partition coefficient (Wildman–Crippen LogP) is -2.83. The van der Waals surface area contributed by atoms with E-state index >= 15 is 0 Å². The molecule has 1 aromatic rings. The molecule has 0 atom stereocenters. The van der Waals surface area contributed by atoms with Gasteiger partial charge in [-0.1, -0.05) is 0 Å². The topological polar surface area (TPSA) is 41.2 Å². The number of nitrogens with zero attached hydrogens (tertiary/aromatic N) is 1. The number of pyridine rings is 1. The Morgan fingerprint density at radius 1 is 1.46 bits per heavy atom. The Morgan fingerprint density at radius 3 is 2.38 bits per heavy atom. The van der Waals surface area contributed by atoms with Crippen LogP contribution in [0.15, 0.2) is 24.5 Å². The van der Waals surface area contributed by atoms with Crippen molar-refractivity contribution in [1.29, 1.82) is 0 Å². The zero-order valence-corrected chi connectivity index (χ0v) is 8.99. The van der Waals surface area contributed by atoms with E-state index in [9.17, 15) is 4.79 Å².